The quantitative estimate of drug-likeness (QED) is 0.625. The third-order valence-corrected chi connectivity index (χ3v) is 7.38. The molecule has 154 valence electrons. The first-order valence-electron chi connectivity index (χ1n) is 9.95. The van der Waals surface area contributed by atoms with Gasteiger partial charge in [0.05, 0.1) is 10.6 Å². The van der Waals surface area contributed by atoms with Gasteiger partial charge in [-0.2, -0.15) is 0 Å². The molecule has 1 atom stereocenters. The maximum absolute atomic E-state index is 13.4. The van der Waals surface area contributed by atoms with E-state index in [4.69, 9.17) is 0 Å². The standard InChI is InChI=1S/C24H24N2O3S/c1-18-15-16-19-9-6-7-14-23(19)26(18)24(27)20-10-8-13-22(17-20)30(28,29)25(2)21-11-4-3-5-12-21/h3-14,17-18H,15-16H2,1-2H3. The van der Waals surface area contributed by atoms with Crippen molar-refractivity contribution < 1.29 is 13.2 Å². The summed E-state index contributed by atoms with van der Waals surface area (Å²) in [4.78, 5) is 15.3. The fraction of sp³-hybridized carbons (Fsp3) is 0.208. The minimum Gasteiger partial charge on any atom is -0.305 e. The zero-order valence-corrected chi connectivity index (χ0v) is 17.8. The van der Waals surface area contributed by atoms with E-state index in [9.17, 15) is 13.2 Å². The molecule has 0 spiro atoms. The summed E-state index contributed by atoms with van der Waals surface area (Å²) < 4.78 is 27.5. The Labute approximate surface area is 177 Å². The lowest BCUT2D eigenvalue weighted by Crippen LogP contribution is -2.42. The number of amides is 1. The summed E-state index contributed by atoms with van der Waals surface area (Å²) in [5.41, 5.74) is 2.96. The van der Waals surface area contributed by atoms with Crippen LogP contribution in [0.5, 0.6) is 0 Å². The van der Waals surface area contributed by atoms with E-state index < -0.39 is 10.0 Å². The number of carbonyl (C=O) groups is 1. The van der Waals surface area contributed by atoms with Gasteiger partial charge in [-0.05, 0) is 61.7 Å². The molecule has 4 rings (SSSR count). The SMILES string of the molecule is CC1CCc2ccccc2N1C(=O)c1cccc(S(=O)(=O)N(C)c2ccccc2)c1. The summed E-state index contributed by atoms with van der Waals surface area (Å²) in [6, 6.07) is 23.1. The predicted molar refractivity (Wildman–Crippen MR) is 120 cm³/mol. The second-order valence-electron chi connectivity index (χ2n) is 7.53. The summed E-state index contributed by atoms with van der Waals surface area (Å²) in [5, 5.41) is 0. The fourth-order valence-electron chi connectivity index (χ4n) is 3.86. The van der Waals surface area contributed by atoms with Crippen molar-refractivity contribution in [1.82, 2.24) is 0 Å². The monoisotopic (exact) mass is 420 g/mol. The van der Waals surface area contributed by atoms with Crippen molar-refractivity contribution in [1.29, 1.82) is 0 Å². The lowest BCUT2D eigenvalue weighted by Gasteiger charge is -2.35. The molecule has 3 aromatic rings. The topological polar surface area (TPSA) is 57.7 Å². The van der Waals surface area contributed by atoms with Crippen LogP contribution < -0.4 is 9.21 Å². The molecule has 30 heavy (non-hydrogen) atoms. The van der Waals surface area contributed by atoms with Crippen LogP contribution in [-0.2, 0) is 16.4 Å². The van der Waals surface area contributed by atoms with Crippen LogP contribution in [0.1, 0.15) is 29.3 Å². The Kier molecular flexibility index (Phi) is 5.35. The molecule has 1 heterocycles. The number of carbonyl (C=O) groups excluding carboxylic acids is 1. The van der Waals surface area contributed by atoms with E-state index in [1.54, 1.807) is 41.3 Å². The number of fused-ring (bicyclic) bond motifs is 1. The number of hydrogen-bond donors (Lipinski definition) is 0. The maximum atomic E-state index is 13.4. The van der Waals surface area contributed by atoms with Gasteiger partial charge < -0.3 is 4.90 Å². The zero-order valence-electron chi connectivity index (χ0n) is 17.0. The number of hydrogen-bond acceptors (Lipinski definition) is 3. The molecule has 0 saturated carbocycles. The van der Waals surface area contributed by atoms with Crippen molar-refractivity contribution in [2.24, 2.45) is 0 Å². The van der Waals surface area contributed by atoms with Crippen molar-refractivity contribution in [3.8, 4) is 0 Å². The Morgan fingerprint density at radius 1 is 0.967 bits per heavy atom. The lowest BCUT2D eigenvalue weighted by molar-refractivity contribution is 0.0975. The molecule has 0 radical (unpaired) electrons. The van der Waals surface area contributed by atoms with Crippen molar-refractivity contribution in [3.63, 3.8) is 0 Å². The van der Waals surface area contributed by atoms with Gasteiger partial charge in [0.25, 0.3) is 15.9 Å². The summed E-state index contributed by atoms with van der Waals surface area (Å²) >= 11 is 0. The molecule has 0 aromatic heterocycles. The Morgan fingerprint density at radius 3 is 2.43 bits per heavy atom. The van der Waals surface area contributed by atoms with Gasteiger partial charge in [0.2, 0.25) is 0 Å². The summed E-state index contributed by atoms with van der Waals surface area (Å²) in [5.74, 6) is -0.186. The molecule has 1 unspecified atom stereocenters. The van der Waals surface area contributed by atoms with E-state index in [1.807, 2.05) is 37.3 Å². The van der Waals surface area contributed by atoms with Crippen LogP contribution in [-0.4, -0.2) is 27.4 Å². The number of benzene rings is 3. The number of nitrogens with zero attached hydrogens (tertiary/aromatic N) is 2. The average molecular weight is 421 g/mol. The Bertz CT molecular complexity index is 1180. The molecule has 0 saturated heterocycles. The number of sulfonamides is 1. The highest BCUT2D eigenvalue weighted by Gasteiger charge is 2.30. The first-order chi connectivity index (χ1) is 14.4. The van der Waals surface area contributed by atoms with Crippen LogP contribution in [0.2, 0.25) is 0 Å². The second kappa shape index (κ2) is 7.95. The molecular formula is C24H24N2O3S. The molecular weight excluding hydrogens is 396 g/mol. The third-order valence-electron chi connectivity index (χ3n) is 5.60. The van der Waals surface area contributed by atoms with Gasteiger partial charge in [0.15, 0.2) is 0 Å². The van der Waals surface area contributed by atoms with E-state index in [-0.39, 0.29) is 16.8 Å². The third kappa shape index (κ3) is 3.59. The summed E-state index contributed by atoms with van der Waals surface area (Å²) in [7, 11) is -2.27. The van der Waals surface area contributed by atoms with E-state index >= 15 is 0 Å². The van der Waals surface area contributed by atoms with Crippen LogP contribution in [0.4, 0.5) is 11.4 Å². The zero-order chi connectivity index (χ0) is 21.3. The Morgan fingerprint density at radius 2 is 1.67 bits per heavy atom. The van der Waals surface area contributed by atoms with E-state index in [1.165, 1.54) is 23.5 Å². The first kappa shape index (κ1) is 20.2. The number of para-hydroxylation sites is 2. The van der Waals surface area contributed by atoms with E-state index in [0.29, 0.717) is 11.3 Å². The van der Waals surface area contributed by atoms with Crippen molar-refractivity contribution in [3.05, 3.63) is 90.0 Å². The lowest BCUT2D eigenvalue weighted by atomic mass is 9.96. The van der Waals surface area contributed by atoms with Crippen LogP contribution in [0.3, 0.4) is 0 Å². The van der Waals surface area contributed by atoms with Crippen LogP contribution in [0.25, 0.3) is 0 Å². The van der Waals surface area contributed by atoms with E-state index in [2.05, 4.69) is 0 Å². The largest absolute Gasteiger partial charge is 0.305 e. The molecule has 1 aliphatic rings. The molecule has 1 amide bonds. The van der Waals surface area contributed by atoms with Crippen LogP contribution in [0, 0.1) is 0 Å². The van der Waals surface area contributed by atoms with Crippen molar-refractivity contribution in [2.75, 3.05) is 16.3 Å². The first-order valence-corrected chi connectivity index (χ1v) is 11.4. The summed E-state index contributed by atoms with van der Waals surface area (Å²) in [6.45, 7) is 2.03. The van der Waals surface area contributed by atoms with E-state index in [0.717, 1.165) is 24.1 Å². The molecule has 5 nitrogen and oxygen atoms in total. The van der Waals surface area contributed by atoms with Gasteiger partial charge in [-0.3, -0.25) is 9.10 Å². The van der Waals surface area contributed by atoms with Crippen LogP contribution in [0.15, 0.2) is 83.8 Å². The molecule has 0 aliphatic carbocycles. The molecule has 0 N–H and O–H groups in total. The molecule has 0 bridgehead atoms. The van der Waals surface area contributed by atoms with Crippen molar-refractivity contribution in [2.45, 2.75) is 30.7 Å². The minimum absolute atomic E-state index is 0.0413. The highest BCUT2D eigenvalue weighted by Crippen LogP contribution is 2.32. The highest BCUT2D eigenvalue weighted by molar-refractivity contribution is 7.92. The van der Waals surface area contributed by atoms with Gasteiger partial charge >= 0.3 is 0 Å². The van der Waals surface area contributed by atoms with Gasteiger partial charge in [-0.1, -0.05) is 42.5 Å². The minimum atomic E-state index is -3.79. The Balaban J connectivity index is 1.70. The van der Waals surface area contributed by atoms with Gasteiger partial charge in [-0.15, -0.1) is 0 Å². The van der Waals surface area contributed by atoms with Crippen LogP contribution >= 0.6 is 0 Å². The fourth-order valence-corrected chi connectivity index (χ4v) is 5.10. The smallest absolute Gasteiger partial charge is 0.264 e. The summed E-state index contributed by atoms with van der Waals surface area (Å²) in [6.07, 6.45) is 1.80. The molecule has 1 aliphatic heterocycles. The molecule has 0 fully saturated rings. The van der Waals surface area contributed by atoms with Gasteiger partial charge in [-0.25, -0.2) is 8.42 Å². The molecule has 3 aromatic carbocycles. The number of rotatable bonds is 4. The second-order valence-corrected chi connectivity index (χ2v) is 9.50. The normalized spacial score (nSPS) is 16.1. The molecule has 6 heteroatoms. The number of anilines is 2. The van der Waals surface area contributed by atoms with Gasteiger partial charge in [0, 0.05) is 24.3 Å². The highest BCUT2D eigenvalue weighted by atomic mass is 32.2. The van der Waals surface area contributed by atoms with Gasteiger partial charge in [0.1, 0.15) is 0 Å². The Hall–Kier alpha value is -3.12. The maximum Gasteiger partial charge on any atom is 0.264 e. The predicted octanol–water partition coefficient (Wildman–Crippen LogP) is 4.49. The number of aryl methyl sites for hydroxylation is 1. The van der Waals surface area contributed by atoms with Crippen molar-refractivity contribution >= 4 is 27.3 Å². The average Bonchev–Trinajstić information content (AvgIpc) is 2.78.